The first-order valence-electron chi connectivity index (χ1n) is 6.28. The number of benzene rings is 1. The van der Waals surface area contributed by atoms with Crippen LogP contribution in [0.15, 0.2) is 29.2 Å². The van der Waals surface area contributed by atoms with Gasteiger partial charge in [-0.05, 0) is 30.2 Å². The van der Waals surface area contributed by atoms with Gasteiger partial charge < -0.3 is 10.1 Å². The standard InChI is InChI=1S/C14H21NOS/c1-11(2)7-15-8-12-3-5-13(6-4-12)17-14-9-16-10-14/h3-6,11,14-15H,7-10H2,1-2H3. The van der Waals surface area contributed by atoms with Gasteiger partial charge >= 0.3 is 0 Å². The molecule has 0 amide bonds. The monoisotopic (exact) mass is 251 g/mol. The van der Waals surface area contributed by atoms with Gasteiger partial charge in [0.15, 0.2) is 0 Å². The van der Waals surface area contributed by atoms with E-state index >= 15 is 0 Å². The summed E-state index contributed by atoms with van der Waals surface area (Å²) >= 11 is 1.92. The smallest absolute Gasteiger partial charge is 0.0611 e. The summed E-state index contributed by atoms with van der Waals surface area (Å²) in [5.74, 6) is 0.712. The fourth-order valence-corrected chi connectivity index (χ4v) is 2.67. The molecule has 0 atom stereocenters. The van der Waals surface area contributed by atoms with E-state index < -0.39 is 0 Å². The second kappa shape index (κ2) is 6.43. The van der Waals surface area contributed by atoms with Crippen molar-refractivity contribution in [2.75, 3.05) is 19.8 Å². The van der Waals surface area contributed by atoms with Crippen molar-refractivity contribution >= 4 is 11.8 Å². The number of hydrogen-bond acceptors (Lipinski definition) is 3. The molecule has 0 unspecified atom stereocenters. The highest BCUT2D eigenvalue weighted by molar-refractivity contribution is 8.00. The van der Waals surface area contributed by atoms with Crippen LogP contribution in [0.1, 0.15) is 19.4 Å². The molecule has 2 rings (SSSR count). The van der Waals surface area contributed by atoms with Crippen molar-refractivity contribution < 1.29 is 4.74 Å². The van der Waals surface area contributed by atoms with Crippen molar-refractivity contribution in [3.63, 3.8) is 0 Å². The van der Waals surface area contributed by atoms with E-state index in [1.54, 1.807) is 0 Å². The van der Waals surface area contributed by atoms with Gasteiger partial charge in [0.05, 0.1) is 18.5 Å². The highest BCUT2D eigenvalue weighted by Gasteiger charge is 2.19. The van der Waals surface area contributed by atoms with Crippen molar-refractivity contribution in [1.82, 2.24) is 5.32 Å². The molecule has 0 radical (unpaired) electrons. The Hall–Kier alpha value is -0.510. The van der Waals surface area contributed by atoms with Gasteiger partial charge in [0.25, 0.3) is 0 Å². The lowest BCUT2D eigenvalue weighted by Gasteiger charge is -2.25. The Morgan fingerprint density at radius 1 is 1.29 bits per heavy atom. The van der Waals surface area contributed by atoms with Gasteiger partial charge in [-0.25, -0.2) is 0 Å². The molecule has 1 aromatic carbocycles. The third-order valence-corrected chi connectivity index (χ3v) is 3.87. The second-order valence-electron chi connectivity index (χ2n) is 4.95. The summed E-state index contributed by atoms with van der Waals surface area (Å²) in [6, 6.07) is 8.87. The molecule has 0 saturated carbocycles. The number of hydrogen-bond donors (Lipinski definition) is 1. The lowest BCUT2D eigenvalue weighted by Crippen LogP contribution is -2.29. The fraction of sp³-hybridized carbons (Fsp3) is 0.571. The van der Waals surface area contributed by atoms with Crippen LogP contribution in [-0.4, -0.2) is 25.0 Å². The first-order chi connectivity index (χ1) is 8.24. The number of thioether (sulfide) groups is 1. The summed E-state index contributed by atoms with van der Waals surface area (Å²) in [5.41, 5.74) is 1.36. The molecule has 1 N–H and O–H groups in total. The maximum atomic E-state index is 5.18. The van der Waals surface area contributed by atoms with Gasteiger partial charge in [-0.15, -0.1) is 11.8 Å². The normalized spacial score (nSPS) is 16.2. The summed E-state index contributed by atoms with van der Waals surface area (Å²) in [5, 5.41) is 4.12. The Kier molecular flexibility index (Phi) is 4.89. The minimum Gasteiger partial charge on any atom is -0.379 e. The Morgan fingerprint density at radius 2 is 2.00 bits per heavy atom. The molecule has 1 aliphatic heterocycles. The highest BCUT2D eigenvalue weighted by atomic mass is 32.2. The van der Waals surface area contributed by atoms with E-state index in [1.807, 2.05) is 11.8 Å². The molecule has 0 spiro atoms. The second-order valence-corrected chi connectivity index (χ2v) is 6.32. The van der Waals surface area contributed by atoms with E-state index in [-0.39, 0.29) is 0 Å². The van der Waals surface area contributed by atoms with Crippen molar-refractivity contribution in [2.24, 2.45) is 5.92 Å². The van der Waals surface area contributed by atoms with Crippen molar-refractivity contribution in [1.29, 1.82) is 0 Å². The predicted molar refractivity (Wildman–Crippen MR) is 73.5 cm³/mol. The SMILES string of the molecule is CC(C)CNCc1ccc(SC2COC2)cc1. The molecular weight excluding hydrogens is 230 g/mol. The molecule has 1 saturated heterocycles. The van der Waals surface area contributed by atoms with Crippen LogP contribution < -0.4 is 5.32 Å². The Balaban J connectivity index is 1.76. The summed E-state index contributed by atoms with van der Waals surface area (Å²) in [4.78, 5) is 1.35. The van der Waals surface area contributed by atoms with Crippen LogP contribution in [0.3, 0.4) is 0 Å². The maximum absolute atomic E-state index is 5.18. The zero-order chi connectivity index (χ0) is 12.1. The van der Waals surface area contributed by atoms with Crippen LogP contribution in [0, 0.1) is 5.92 Å². The van der Waals surface area contributed by atoms with Gasteiger partial charge in [0.2, 0.25) is 0 Å². The molecule has 1 aliphatic rings. The number of rotatable bonds is 6. The Bertz CT molecular complexity index is 333. The average molecular weight is 251 g/mol. The van der Waals surface area contributed by atoms with Crippen LogP contribution in [-0.2, 0) is 11.3 Å². The molecule has 1 aromatic rings. The lowest BCUT2D eigenvalue weighted by molar-refractivity contribution is 0.0455. The number of ether oxygens (including phenoxy) is 1. The van der Waals surface area contributed by atoms with E-state index in [2.05, 4.69) is 43.4 Å². The van der Waals surface area contributed by atoms with Crippen LogP contribution in [0.2, 0.25) is 0 Å². The minimum atomic E-state index is 0.667. The van der Waals surface area contributed by atoms with Crippen molar-refractivity contribution in [2.45, 2.75) is 30.5 Å². The molecule has 17 heavy (non-hydrogen) atoms. The zero-order valence-corrected chi connectivity index (χ0v) is 11.4. The van der Waals surface area contributed by atoms with Crippen LogP contribution >= 0.6 is 11.8 Å². The van der Waals surface area contributed by atoms with Gasteiger partial charge in [-0.2, -0.15) is 0 Å². The molecule has 0 aliphatic carbocycles. The van der Waals surface area contributed by atoms with E-state index in [9.17, 15) is 0 Å². The first kappa shape index (κ1) is 12.9. The average Bonchev–Trinajstić information content (AvgIpc) is 2.25. The van der Waals surface area contributed by atoms with Crippen molar-refractivity contribution in [3.05, 3.63) is 29.8 Å². The summed E-state index contributed by atoms with van der Waals surface area (Å²) in [6.45, 7) is 8.32. The van der Waals surface area contributed by atoms with Crippen LogP contribution in [0.25, 0.3) is 0 Å². The molecule has 94 valence electrons. The van der Waals surface area contributed by atoms with Gasteiger partial charge in [0, 0.05) is 11.4 Å². The third-order valence-electron chi connectivity index (χ3n) is 2.72. The quantitative estimate of drug-likeness (QED) is 0.840. The van der Waals surface area contributed by atoms with Crippen molar-refractivity contribution in [3.8, 4) is 0 Å². The van der Waals surface area contributed by atoms with E-state index in [1.165, 1.54) is 10.5 Å². The molecule has 0 aromatic heterocycles. The third kappa shape index (κ3) is 4.34. The van der Waals surface area contributed by atoms with Crippen LogP contribution in [0.5, 0.6) is 0 Å². The van der Waals surface area contributed by atoms with E-state index in [0.717, 1.165) is 26.3 Å². The summed E-state index contributed by atoms with van der Waals surface area (Å²) in [6.07, 6.45) is 0. The minimum absolute atomic E-state index is 0.667. The van der Waals surface area contributed by atoms with Crippen LogP contribution in [0.4, 0.5) is 0 Å². The molecule has 1 fully saturated rings. The number of nitrogens with one attached hydrogen (secondary N) is 1. The first-order valence-corrected chi connectivity index (χ1v) is 7.16. The molecular formula is C14H21NOS. The molecule has 0 bridgehead atoms. The molecule has 1 heterocycles. The molecule has 2 nitrogen and oxygen atoms in total. The van der Waals surface area contributed by atoms with Gasteiger partial charge in [-0.3, -0.25) is 0 Å². The van der Waals surface area contributed by atoms with E-state index in [4.69, 9.17) is 4.74 Å². The zero-order valence-electron chi connectivity index (χ0n) is 10.6. The highest BCUT2D eigenvalue weighted by Crippen LogP contribution is 2.27. The summed E-state index contributed by atoms with van der Waals surface area (Å²) in [7, 11) is 0. The van der Waals surface area contributed by atoms with E-state index in [0.29, 0.717) is 11.2 Å². The van der Waals surface area contributed by atoms with Gasteiger partial charge in [-0.1, -0.05) is 26.0 Å². The topological polar surface area (TPSA) is 21.3 Å². The Morgan fingerprint density at radius 3 is 2.53 bits per heavy atom. The fourth-order valence-electron chi connectivity index (χ4n) is 1.67. The Labute approximate surface area is 108 Å². The maximum Gasteiger partial charge on any atom is 0.0611 e. The lowest BCUT2D eigenvalue weighted by atomic mass is 10.2. The van der Waals surface area contributed by atoms with Gasteiger partial charge in [0.1, 0.15) is 0 Å². The predicted octanol–water partition coefficient (Wildman–Crippen LogP) is 2.92. The summed E-state index contributed by atoms with van der Waals surface area (Å²) < 4.78 is 5.18. The largest absolute Gasteiger partial charge is 0.379 e. The molecule has 3 heteroatoms.